The van der Waals surface area contributed by atoms with Crippen molar-refractivity contribution in [2.75, 3.05) is 0 Å². The molecule has 1 heterocycles. The number of hydrogen-bond acceptors (Lipinski definition) is 2. The number of amides is 1. The Morgan fingerprint density at radius 1 is 1.22 bits per heavy atom. The minimum absolute atomic E-state index is 0.00171. The SMILES string of the molecule is C[C@@H]1C[C@@H](C)CC2(C1)NC(=O)c1ccccc1O2. The van der Waals surface area contributed by atoms with Crippen molar-refractivity contribution in [1.82, 2.24) is 5.32 Å². The summed E-state index contributed by atoms with van der Waals surface area (Å²) < 4.78 is 6.14. The molecule has 1 aliphatic carbocycles. The largest absolute Gasteiger partial charge is 0.467 e. The normalized spacial score (nSPS) is 34.7. The van der Waals surface area contributed by atoms with Gasteiger partial charge in [-0.05, 0) is 30.4 Å². The van der Waals surface area contributed by atoms with Crippen molar-refractivity contribution in [3.8, 4) is 5.75 Å². The molecule has 0 unspecified atom stereocenters. The van der Waals surface area contributed by atoms with Crippen LogP contribution < -0.4 is 10.1 Å². The molecular weight excluding hydrogens is 226 g/mol. The first-order valence-corrected chi connectivity index (χ1v) is 6.68. The van der Waals surface area contributed by atoms with Gasteiger partial charge in [0, 0.05) is 12.8 Å². The molecule has 1 spiro atoms. The number of ether oxygens (including phenoxy) is 1. The molecule has 2 aliphatic rings. The van der Waals surface area contributed by atoms with Crippen LogP contribution in [-0.2, 0) is 0 Å². The molecule has 1 fully saturated rings. The van der Waals surface area contributed by atoms with E-state index >= 15 is 0 Å². The van der Waals surface area contributed by atoms with Crippen LogP contribution in [0.3, 0.4) is 0 Å². The summed E-state index contributed by atoms with van der Waals surface area (Å²) in [5, 5.41) is 3.09. The van der Waals surface area contributed by atoms with Crippen molar-refractivity contribution in [2.45, 2.75) is 38.8 Å². The van der Waals surface area contributed by atoms with Crippen molar-refractivity contribution < 1.29 is 9.53 Å². The number of nitrogens with one attached hydrogen (secondary N) is 1. The van der Waals surface area contributed by atoms with Gasteiger partial charge in [-0.3, -0.25) is 4.79 Å². The number of carbonyl (C=O) groups excluding carboxylic acids is 1. The lowest BCUT2D eigenvalue weighted by Crippen LogP contribution is -2.59. The van der Waals surface area contributed by atoms with Crippen LogP contribution >= 0.6 is 0 Å². The molecule has 0 radical (unpaired) electrons. The van der Waals surface area contributed by atoms with Crippen LogP contribution in [0.15, 0.2) is 24.3 Å². The Kier molecular flexibility index (Phi) is 2.58. The van der Waals surface area contributed by atoms with Gasteiger partial charge >= 0.3 is 0 Å². The first kappa shape index (κ1) is 11.6. The average Bonchev–Trinajstić information content (AvgIpc) is 2.26. The van der Waals surface area contributed by atoms with E-state index in [1.54, 1.807) is 0 Å². The lowest BCUT2D eigenvalue weighted by Gasteiger charge is -2.45. The zero-order chi connectivity index (χ0) is 12.8. The summed E-state index contributed by atoms with van der Waals surface area (Å²) in [6.45, 7) is 4.46. The minimum atomic E-state index is -0.484. The van der Waals surface area contributed by atoms with Crippen molar-refractivity contribution in [1.29, 1.82) is 0 Å². The highest BCUT2D eigenvalue weighted by atomic mass is 16.5. The van der Waals surface area contributed by atoms with Crippen LogP contribution in [0.5, 0.6) is 5.75 Å². The number of para-hydroxylation sites is 1. The molecule has 1 saturated carbocycles. The summed E-state index contributed by atoms with van der Waals surface area (Å²) in [4.78, 5) is 12.2. The fourth-order valence-electron chi connectivity index (χ4n) is 3.50. The maximum Gasteiger partial charge on any atom is 0.258 e. The third-order valence-corrected chi connectivity index (χ3v) is 3.94. The highest BCUT2D eigenvalue weighted by Gasteiger charge is 2.44. The van der Waals surface area contributed by atoms with Crippen molar-refractivity contribution >= 4 is 5.91 Å². The number of benzene rings is 1. The van der Waals surface area contributed by atoms with Crippen LogP contribution in [0.2, 0.25) is 0 Å². The van der Waals surface area contributed by atoms with Gasteiger partial charge in [0.15, 0.2) is 5.72 Å². The van der Waals surface area contributed by atoms with Gasteiger partial charge < -0.3 is 10.1 Å². The van der Waals surface area contributed by atoms with Crippen LogP contribution in [0.1, 0.15) is 43.5 Å². The quantitative estimate of drug-likeness (QED) is 0.763. The first-order chi connectivity index (χ1) is 8.58. The molecule has 1 aromatic carbocycles. The monoisotopic (exact) mass is 245 g/mol. The third-order valence-electron chi connectivity index (χ3n) is 3.94. The van der Waals surface area contributed by atoms with Gasteiger partial charge in [-0.2, -0.15) is 0 Å². The van der Waals surface area contributed by atoms with E-state index in [0.717, 1.165) is 18.6 Å². The molecule has 96 valence electrons. The second-order valence-electron chi connectivity index (χ2n) is 5.90. The maximum absolute atomic E-state index is 12.2. The number of rotatable bonds is 0. The molecule has 1 N–H and O–H groups in total. The van der Waals surface area contributed by atoms with Gasteiger partial charge in [-0.1, -0.05) is 26.0 Å². The molecule has 1 amide bonds. The van der Waals surface area contributed by atoms with E-state index < -0.39 is 5.72 Å². The molecule has 0 bridgehead atoms. The van der Waals surface area contributed by atoms with E-state index in [2.05, 4.69) is 19.2 Å². The second kappa shape index (κ2) is 4.01. The molecule has 1 aliphatic heterocycles. The summed E-state index contributed by atoms with van der Waals surface area (Å²) in [6, 6.07) is 7.49. The van der Waals surface area contributed by atoms with Crippen LogP contribution in [-0.4, -0.2) is 11.6 Å². The van der Waals surface area contributed by atoms with E-state index in [-0.39, 0.29) is 5.91 Å². The topological polar surface area (TPSA) is 38.3 Å². The van der Waals surface area contributed by atoms with E-state index in [4.69, 9.17) is 4.74 Å². The lowest BCUT2D eigenvalue weighted by molar-refractivity contribution is -0.0378. The average molecular weight is 245 g/mol. The van der Waals surface area contributed by atoms with E-state index in [1.165, 1.54) is 6.42 Å². The predicted molar refractivity (Wildman–Crippen MR) is 69.4 cm³/mol. The first-order valence-electron chi connectivity index (χ1n) is 6.68. The van der Waals surface area contributed by atoms with Crippen LogP contribution in [0.4, 0.5) is 0 Å². The number of fused-ring (bicyclic) bond motifs is 1. The highest BCUT2D eigenvalue weighted by molar-refractivity contribution is 5.98. The Hall–Kier alpha value is -1.51. The fourth-order valence-corrected chi connectivity index (χ4v) is 3.50. The summed E-state index contributed by atoms with van der Waals surface area (Å²) in [6.07, 6.45) is 3.01. The summed E-state index contributed by atoms with van der Waals surface area (Å²) in [5.74, 6) is 1.89. The third kappa shape index (κ3) is 1.88. The second-order valence-corrected chi connectivity index (χ2v) is 5.90. The fraction of sp³-hybridized carbons (Fsp3) is 0.533. The van der Waals surface area contributed by atoms with Gasteiger partial charge in [-0.15, -0.1) is 0 Å². The molecule has 3 heteroatoms. The van der Waals surface area contributed by atoms with Gasteiger partial charge in [-0.25, -0.2) is 0 Å². The van der Waals surface area contributed by atoms with E-state index in [1.807, 2.05) is 24.3 Å². The lowest BCUT2D eigenvalue weighted by atomic mass is 9.77. The van der Waals surface area contributed by atoms with Crippen molar-refractivity contribution in [3.63, 3.8) is 0 Å². The molecule has 0 aromatic heterocycles. The zero-order valence-corrected chi connectivity index (χ0v) is 10.9. The minimum Gasteiger partial charge on any atom is -0.467 e. The molecular formula is C15H19NO2. The Balaban J connectivity index is 1.95. The molecule has 1 aromatic rings. The van der Waals surface area contributed by atoms with Gasteiger partial charge in [0.05, 0.1) is 5.56 Å². The van der Waals surface area contributed by atoms with Crippen LogP contribution in [0.25, 0.3) is 0 Å². The van der Waals surface area contributed by atoms with Crippen molar-refractivity contribution in [2.24, 2.45) is 11.8 Å². The molecule has 2 atom stereocenters. The van der Waals surface area contributed by atoms with Crippen molar-refractivity contribution in [3.05, 3.63) is 29.8 Å². The molecule has 18 heavy (non-hydrogen) atoms. The molecule has 3 nitrogen and oxygen atoms in total. The van der Waals surface area contributed by atoms with E-state index in [0.29, 0.717) is 17.4 Å². The molecule has 3 rings (SSSR count). The van der Waals surface area contributed by atoms with Gasteiger partial charge in [0.2, 0.25) is 0 Å². The Morgan fingerprint density at radius 2 is 1.89 bits per heavy atom. The number of hydrogen-bond donors (Lipinski definition) is 1. The number of carbonyl (C=O) groups is 1. The summed E-state index contributed by atoms with van der Waals surface area (Å²) in [5.41, 5.74) is 0.164. The Bertz CT molecular complexity index is 473. The summed E-state index contributed by atoms with van der Waals surface area (Å²) in [7, 11) is 0. The van der Waals surface area contributed by atoms with Gasteiger partial charge in [0.1, 0.15) is 5.75 Å². The Morgan fingerprint density at radius 3 is 2.61 bits per heavy atom. The maximum atomic E-state index is 12.2. The standard InChI is InChI=1S/C15H19NO2/c1-10-7-11(2)9-15(8-10)16-14(17)12-5-3-4-6-13(12)18-15/h3-6,10-11H,7-9H2,1-2H3,(H,16,17)/t10-,11-/m1/s1. The predicted octanol–water partition coefficient (Wildman–Crippen LogP) is 2.96. The molecule has 0 saturated heterocycles. The zero-order valence-electron chi connectivity index (χ0n) is 10.9. The van der Waals surface area contributed by atoms with E-state index in [9.17, 15) is 4.79 Å². The van der Waals surface area contributed by atoms with Crippen LogP contribution in [0, 0.1) is 11.8 Å². The highest BCUT2D eigenvalue weighted by Crippen LogP contribution is 2.40. The Labute approximate surface area is 108 Å². The van der Waals surface area contributed by atoms with Gasteiger partial charge in [0.25, 0.3) is 5.91 Å². The smallest absolute Gasteiger partial charge is 0.258 e. The summed E-state index contributed by atoms with van der Waals surface area (Å²) >= 11 is 0.